The van der Waals surface area contributed by atoms with Crippen LogP contribution in [0.2, 0.25) is 0 Å². The molecule has 152 valence electrons. The second-order valence-electron chi connectivity index (χ2n) is 7.29. The van der Waals surface area contributed by atoms with Crippen molar-refractivity contribution < 1.29 is 25.2 Å². The summed E-state index contributed by atoms with van der Waals surface area (Å²) in [6, 6.07) is 9.30. The largest absolute Gasteiger partial charge is 0.508 e. The van der Waals surface area contributed by atoms with Gasteiger partial charge in [0, 0.05) is 25.0 Å². The number of unbranched alkanes of at least 4 members (excludes halogenated alkanes) is 4. The van der Waals surface area contributed by atoms with Gasteiger partial charge in [-0.2, -0.15) is 0 Å². The average molecular weight is 386 g/mol. The van der Waals surface area contributed by atoms with E-state index < -0.39 is 0 Å². The van der Waals surface area contributed by atoms with Gasteiger partial charge in [0.1, 0.15) is 28.8 Å². The van der Waals surface area contributed by atoms with Gasteiger partial charge >= 0.3 is 0 Å². The number of ketones is 1. The van der Waals surface area contributed by atoms with Crippen LogP contribution in [0.5, 0.6) is 23.0 Å². The number of carbonyl (C=O) groups excluding carboxylic acids is 1. The molecule has 0 bridgehead atoms. The molecule has 0 aliphatic rings. The SMILES string of the molecule is O=C(CCCCCc1ccc(O)cc1O)CCCCCc1ccc(O)cc1O. The molecule has 5 heteroatoms. The van der Waals surface area contributed by atoms with E-state index in [2.05, 4.69) is 0 Å². The lowest BCUT2D eigenvalue weighted by molar-refractivity contribution is -0.119. The van der Waals surface area contributed by atoms with E-state index in [0.717, 1.165) is 62.5 Å². The first-order valence-corrected chi connectivity index (χ1v) is 9.99. The smallest absolute Gasteiger partial charge is 0.132 e. The molecule has 2 aromatic rings. The Morgan fingerprint density at radius 2 is 1.04 bits per heavy atom. The molecule has 0 saturated heterocycles. The Bertz CT molecular complexity index is 706. The molecule has 0 spiro atoms. The highest BCUT2D eigenvalue weighted by molar-refractivity contribution is 5.78. The third-order valence-electron chi connectivity index (χ3n) is 4.94. The zero-order valence-corrected chi connectivity index (χ0v) is 16.2. The molecular weight excluding hydrogens is 356 g/mol. The van der Waals surface area contributed by atoms with Crippen molar-refractivity contribution in [1.29, 1.82) is 0 Å². The van der Waals surface area contributed by atoms with Crippen LogP contribution < -0.4 is 0 Å². The highest BCUT2D eigenvalue weighted by Crippen LogP contribution is 2.25. The molecule has 0 unspecified atom stereocenters. The number of aromatic hydroxyl groups is 4. The Hall–Kier alpha value is -2.69. The Labute approximate surface area is 166 Å². The number of carbonyl (C=O) groups is 1. The molecule has 28 heavy (non-hydrogen) atoms. The molecule has 0 aromatic heterocycles. The van der Waals surface area contributed by atoms with Crippen LogP contribution in [0.4, 0.5) is 0 Å². The van der Waals surface area contributed by atoms with Crippen LogP contribution in [0.3, 0.4) is 0 Å². The number of Topliss-reactive ketones (excluding diaryl/α,β-unsaturated/α-hetero) is 1. The summed E-state index contributed by atoms with van der Waals surface area (Å²) in [6.07, 6.45) is 8.08. The summed E-state index contributed by atoms with van der Waals surface area (Å²) in [7, 11) is 0. The van der Waals surface area contributed by atoms with Crippen molar-refractivity contribution >= 4 is 5.78 Å². The maximum atomic E-state index is 12.0. The summed E-state index contributed by atoms with van der Waals surface area (Å²) in [5, 5.41) is 38.0. The van der Waals surface area contributed by atoms with E-state index in [1.807, 2.05) is 0 Å². The Kier molecular flexibility index (Phi) is 8.66. The zero-order valence-electron chi connectivity index (χ0n) is 16.2. The molecule has 0 atom stereocenters. The molecular formula is C23H30O5. The molecule has 2 aromatic carbocycles. The molecule has 0 aliphatic heterocycles. The zero-order chi connectivity index (χ0) is 20.4. The number of benzene rings is 2. The predicted molar refractivity (Wildman–Crippen MR) is 109 cm³/mol. The van der Waals surface area contributed by atoms with Crippen LogP contribution >= 0.6 is 0 Å². The third kappa shape index (κ3) is 7.51. The van der Waals surface area contributed by atoms with E-state index >= 15 is 0 Å². The van der Waals surface area contributed by atoms with Gasteiger partial charge in [0.05, 0.1) is 0 Å². The van der Waals surface area contributed by atoms with Crippen LogP contribution in [0, 0.1) is 0 Å². The van der Waals surface area contributed by atoms with Crippen molar-refractivity contribution in [3.05, 3.63) is 47.5 Å². The lowest BCUT2D eigenvalue weighted by Gasteiger charge is -2.06. The van der Waals surface area contributed by atoms with Gasteiger partial charge in [-0.3, -0.25) is 4.79 Å². The third-order valence-corrected chi connectivity index (χ3v) is 4.94. The maximum Gasteiger partial charge on any atom is 0.132 e. The minimum absolute atomic E-state index is 0.0618. The fraction of sp³-hybridized carbons (Fsp3) is 0.435. The lowest BCUT2D eigenvalue weighted by Crippen LogP contribution is -1.98. The van der Waals surface area contributed by atoms with Gasteiger partial charge in [-0.15, -0.1) is 0 Å². The quantitative estimate of drug-likeness (QED) is 0.386. The second-order valence-corrected chi connectivity index (χ2v) is 7.29. The summed E-state index contributed by atoms with van der Waals surface area (Å²) in [6.45, 7) is 0. The summed E-state index contributed by atoms with van der Waals surface area (Å²) in [5.41, 5.74) is 1.65. The molecule has 5 nitrogen and oxygen atoms in total. The van der Waals surface area contributed by atoms with Gasteiger partial charge in [0.2, 0.25) is 0 Å². The standard InChI is InChI=1S/C23H30O5/c24-19(9-5-1-3-7-17-11-13-20(25)15-22(17)27)10-6-2-4-8-18-12-14-21(26)16-23(18)28/h11-16,25-28H,1-10H2. The first-order chi connectivity index (χ1) is 13.5. The topological polar surface area (TPSA) is 98.0 Å². The predicted octanol–water partition coefficient (Wildman–Crippen LogP) is 4.98. The number of hydrogen-bond donors (Lipinski definition) is 4. The van der Waals surface area contributed by atoms with Gasteiger partial charge in [0.25, 0.3) is 0 Å². The number of rotatable bonds is 12. The van der Waals surface area contributed by atoms with Gasteiger partial charge in [-0.05, 0) is 61.8 Å². The highest BCUT2D eigenvalue weighted by Gasteiger charge is 2.06. The van der Waals surface area contributed by atoms with E-state index in [0.29, 0.717) is 18.6 Å². The van der Waals surface area contributed by atoms with E-state index in [9.17, 15) is 25.2 Å². The lowest BCUT2D eigenvalue weighted by atomic mass is 10.0. The van der Waals surface area contributed by atoms with Crippen molar-refractivity contribution in [2.24, 2.45) is 0 Å². The number of hydrogen-bond acceptors (Lipinski definition) is 5. The van der Waals surface area contributed by atoms with E-state index in [4.69, 9.17) is 0 Å². The maximum absolute atomic E-state index is 12.0. The molecule has 0 fully saturated rings. The first kappa shape index (κ1) is 21.6. The summed E-state index contributed by atoms with van der Waals surface area (Å²) in [5.74, 6) is 0.659. The molecule has 0 saturated carbocycles. The molecule has 4 N–H and O–H groups in total. The minimum atomic E-state index is 0.0618. The number of aryl methyl sites for hydroxylation is 2. The van der Waals surface area contributed by atoms with Crippen molar-refractivity contribution in [3.8, 4) is 23.0 Å². The van der Waals surface area contributed by atoms with E-state index in [1.165, 1.54) is 12.1 Å². The number of phenols is 4. The van der Waals surface area contributed by atoms with Gasteiger partial charge in [-0.25, -0.2) is 0 Å². The van der Waals surface area contributed by atoms with Gasteiger partial charge in [0.15, 0.2) is 0 Å². The Morgan fingerprint density at radius 3 is 1.43 bits per heavy atom. The molecule has 0 heterocycles. The first-order valence-electron chi connectivity index (χ1n) is 9.99. The van der Waals surface area contributed by atoms with Gasteiger partial charge in [-0.1, -0.05) is 25.0 Å². The fourth-order valence-corrected chi connectivity index (χ4v) is 3.28. The second kappa shape index (κ2) is 11.2. The molecule has 0 aliphatic carbocycles. The average Bonchev–Trinajstić information content (AvgIpc) is 2.64. The van der Waals surface area contributed by atoms with Crippen LogP contribution in [0.1, 0.15) is 62.5 Å². The van der Waals surface area contributed by atoms with E-state index in [1.54, 1.807) is 24.3 Å². The monoisotopic (exact) mass is 386 g/mol. The van der Waals surface area contributed by atoms with Crippen LogP contribution in [-0.2, 0) is 17.6 Å². The van der Waals surface area contributed by atoms with Crippen molar-refractivity contribution in [2.45, 2.75) is 64.2 Å². The van der Waals surface area contributed by atoms with E-state index in [-0.39, 0.29) is 23.0 Å². The Morgan fingerprint density at radius 1 is 0.607 bits per heavy atom. The minimum Gasteiger partial charge on any atom is -0.508 e. The van der Waals surface area contributed by atoms with Gasteiger partial charge < -0.3 is 20.4 Å². The molecule has 0 amide bonds. The highest BCUT2D eigenvalue weighted by atomic mass is 16.3. The summed E-state index contributed by atoms with van der Waals surface area (Å²) >= 11 is 0. The fourth-order valence-electron chi connectivity index (χ4n) is 3.28. The Balaban J connectivity index is 1.51. The molecule has 2 rings (SSSR count). The van der Waals surface area contributed by atoms with Crippen LogP contribution in [0.25, 0.3) is 0 Å². The number of phenolic OH excluding ortho intramolecular Hbond substituents is 4. The van der Waals surface area contributed by atoms with Crippen molar-refractivity contribution in [1.82, 2.24) is 0 Å². The van der Waals surface area contributed by atoms with Crippen LogP contribution in [-0.4, -0.2) is 26.2 Å². The van der Waals surface area contributed by atoms with Crippen LogP contribution in [0.15, 0.2) is 36.4 Å². The summed E-state index contributed by atoms with van der Waals surface area (Å²) < 4.78 is 0. The normalized spacial score (nSPS) is 10.9. The van der Waals surface area contributed by atoms with Crippen molar-refractivity contribution in [2.75, 3.05) is 0 Å². The summed E-state index contributed by atoms with van der Waals surface area (Å²) in [4.78, 5) is 12.0. The molecule has 0 radical (unpaired) electrons. The van der Waals surface area contributed by atoms with Crippen molar-refractivity contribution in [3.63, 3.8) is 0 Å².